The summed E-state index contributed by atoms with van der Waals surface area (Å²) in [4.78, 5) is 19.5. The fraction of sp³-hybridized carbons (Fsp3) is 0.222. The number of sulfone groups is 1. The third-order valence-electron chi connectivity index (χ3n) is 4.07. The highest BCUT2D eigenvalue weighted by atomic mass is 35.5. The Balaban J connectivity index is 2.15. The Labute approximate surface area is 183 Å². The van der Waals surface area contributed by atoms with Gasteiger partial charge in [0.25, 0.3) is 5.91 Å². The summed E-state index contributed by atoms with van der Waals surface area (Å²) < 4.78 is 64.6. The number of amides is 1. The summed E-state index contributed by atoms with van der Waals surface area (Å²) in [6, 6.07) is 7.87. The van der Waals surface area contributed by atoms with Gasteiger partial charge in [0.2, 0.25) is 9.81 Å². The molecule has 164 valence electrons. The molecule has 0 N–H and O–H groups in total. The maximum absolute atomic E-state index is 12.8. The average Bonchev–Trinajstić information content (AvgIpc) is 3.08. The van der Waals surface area contributed by atoms with Crippen molar-refractivity contribution in [2.75, 3.05) is 5.75 Å². The van der Waals surface area contributed by atoms with Gasteiger partial charge in [0.05, 0.1) is 10.6 Å². The summed E-state index contributed by atoms with van der Waals surface area (Å²) in [7, 11) is -2.72. The van der Waals surface area contributed by atoms with E-state index in [0.717, 1.165) is 4.68 Å². The summed E-state index contributed by atoms with van der Waals surface area (Å²) in [5.41, 5.74) is 0.482. The lowest BCUT2D eigenvalue weighted by Gasteiger charge is -2.09. The SMILES string of the molecule is CCS(=O)(=O)c1cc(-c2cccc(Cl)c2)cnc1C(=O)/N=c1\sc(C(F)(F)F)nn1C. The van der Waals surface area contributed by atoms with E-state index in [2.05, 4.69) is 15.1 Å². The Morgan fingerprint density at radius 3 is 2.55 bits per heavy atom. The van der Waals surface area contributed by atoms with Crippen LogP contribution in [-0.2, 0) is 23.1 Å². The van der Waals surface area contributed by atoms with Gasteiger partial charge < -0.3 is 0 Å². The van der Waals surface area contributed by atoms with E-state index >= 15 is 0 Å². The number of alkyl halides is 3. The van der Waals surface area contributed by atoms with Crippen LogP contribution in [0, 0.1) is 0 Å². The normalized spacial score (nSPS) is 12.9. The van der Waals surface area contributed by atoms with Gasteiger partial charge in [-0.3, -0.25) is 4.79 Å². The predicted molar refractivity (Wildman–Crippen MR) is 108 cm³/mol. The van der Waals surface area contributed by atoms with Gasteiger partial charge in [-0.1, -0.05) is 42.0 Å². The molecule has 0 atom stereocenters. The van der Waals surface area contributed by atoms with Gasteiger partial charge in [0.15, 0.2) is 9.84 Å². The number of pyridine rings is 1. The molecule has 3 rings (SSSR count). The number of benzene rings is 1. The van der Waals surface area contributed by atoms with Crippen LogP contribution in [-0.4, -0.2) is 34.8 Å². The molecule has 2 aromatic heterocycles. The monoisotopic (exact) mass is 490 g/mol. The number of aryl methyl sites for hydroxylation is 1. The second kappa shape index (κ2) is 8.52. The molecule has 0 unspecified atom stereocenters. The molecular weight excluding hydrogens is 477 g/mol. The molecular formula is C18H14ClF3N4O3S2. The van der Waals surface area contributed by atoms with Gasteiger partial charge in [0.1, 0.15) is 5.69 Å². The van der Waals surface area contributed by atoms with E-state index in [9.17, 15) is 26.4 Å². The highest BCUT2D eigenvalue weighted by molar-refractivity contribution is 7.91. The van der Waals surface area contributed by atoms with E-state index in [1.54, 1.807) is 24.3 Å². The smallest absolute Gasteiger partial charge is 0.265 e. The lowest BCUT2D eigenvalue weighted by molar-refractivity contribution is -0.138. The van der Waals surface area contributed by atoms with Gasteiger partial charge in [-0.2, -0.15) is 23.3 Å². The van der Waals surface area contributed by atoms with Crippen LogP contribution in [0.1, 0.15) is 22.4 Å². The van der Waals surface area contributed by atoms with Crippen molar-refractivity contribution in [2.24, 2.45) is 12.0 Å². The van der Waals surface area contributed by atoms with Crippen molar-refractivity contribution >= 4 is 38.7 Å². The van der Waals surface area contributed by atoms with Crippen LogP contribution in [0.4, 0.5) is 13.2 Å². The van der Waals surface area contributed by atoms with Crippen LogP contribution in [0.2, 0.25) is 5.02 Å². The Hall–Kier alpha value is -2.57. The zero-order valence-corrected chi connectivity index (χ0v) is 18.4. The summed E-state index contributed by atoms with van der Waals surface area (Å²) in [6.07, 6.45) is -3.43. The van der Waals surface area contributed by atoms with Crippen molar-refractivity contribution in [3.05, 3.63) is 57.1 Å². The molecule has 13 heteroatoms. The van der Waals surface area contributed by atoms with Gasteiger partial charge >= 0.3 is 6.18 Å². The molecule has 31 heavy (non-hydrogen) atoms. The minimum atomic E-state index is -4.70. The van der Waals surface area contributed by atoms with E-state index in [1.807, 2.05) is 0 Å². The maximum atomic E-state index is 12.8. The first-order valence-corrected chi connectivity index (χ1v) is 11.5. The first kappa shape index (κ1) is 23.1. The average molecular weight is 491 g/mol. The van der Waals surface area contributed by atoms with Crippen LogP contribution in [0.3, 0.4) is 0 Å². The van der Waals surface area contributed by atoms with Crippen molar-refractivity contribution in [3.63, 3.8) is 0 Å². The van der Waals surface area contributed by atoms with Crippen molar-refractivity contribution in [1.29, 1.82) is 0 Å². The first-order chi connectivity index (χ1) is 14.4. The number of carbonyl (C=O) groups is 1. The molecule has 0 fully saturated rings. The molecule has 0 saturated carbocycles. The Bertz CT molecular complexity index is 1330. The topological polar surface area (TPSA) is 94.3 Å². The molecule has 0 aliphatic carbocycles. The van der Waals surface area contributed by atoms with E-state index in [4.69, 9.17) is 11.6 Å². The Kier molecular flexibility index (Phi) is 6.35. The van der Waals surface area contributed by atoms with Gasteiger partial charge in [0, 0.05) is 23.8 Å². The number of nitrogens with zero attached hydrogens (tertiary/aromatic N) is 4. The molecule has 0 bridgehead atoms. The summed E-state index contributed by atoms with van der Waals surface area (Å²) in [5, 5.41) is 2.53. The molecule has 2 heterocycles. The number of aromatic nitrogens is 3. The highest BCUT2D eigenvalue weighted by Crippen LogP contribution is 2.29. The molecule has 0 spiro atoms. The molecule has 1 amide bonds. The Morgan fingerprint density at radius 2 is 1.97 bits per heavy atom. The van der Waals surface area contributed by atoms with Gasteiger partial charge in [-0.25, -0.2) is 18.1 Å². The molecule has 1 aromatic carbocycles. The quantitative estimate of drug-likeness (QED) is 0.555. The van der Waals surface area contributed by atoms with Crippen LogP contribution < -0.4 is 4.80 Å². The fourth-order valence-corrected chi connectivity index (χ4v) is 4.52. The van der Waals surface area contributed by atoms with Crippen LogP contribution in [0.25, 0.3) is 11.1 Å². The van der Waals surface area contributed by atoms with Crippen LogP contribution in [0.15, 0.2) is 46.4 Å². The Morgan fingerprint density at radius 1 is 1.26 bits per heavy atom. The lowest BCUT2D eigenvalue weighted by Crippen LogP contribution is -2.17. The van der Waals surface area contributed by atoms with E-state index in [-0.39, 0.29) is 26.8 Å². The van der Waals surface area contributed by atoms with E-state index in [1.165, 1.54) is 26.2 Å². The first-order valence-electron chi connectivity index (χ1n) is 8.61. The molecule has 3 aromatic rings. The predicted octanol–water partition coefficient (Wildman–Crippen LogP) is 3.75. The van der Waals surface area contributed by atoms with Crippen molar-refractivity contribution in [1.82, 2.24) is 14.8 Å². The molecule has 0 aliphatic heterocycles. The summed E-state index contributed by atoms with van der Waals surface area (Å²) in [6.45, 7) is 1.39. The van der Waals surface area contributed by atoms with E-state index < -0.39 is 32.6 Å². The fourth-order valence-electron chi connectivity index (χ4n) is 2.53. The number of hydrogen-bond acceptors (Lipinski definition) is 6. The third kappa shape index (κ3) is 5.02. The number of hydrogen-bond donors (Lipinski definition) is 0. The summed E-state index contributed by atoms with van der Waals surface area (Å²) >= 11 is 6.14. The second-order valence-corrected chi connectivity index (χ2v) is 9.85. The van der Waals surface area contributed by atoms with Crippen molar-refractivity contribution in [2.45, 2.75) is 18.0 Å². The minimum absolute atomic E-state index is 0.158. The molecule has 0 radical (unpaired) electrons. The molecule has 0 saturated heterocycles. The number of halogens is 4. The lowest BCUT2D eigenvalue weighted by atomic mass is 10.1. The van der Waals surface area contributed by atoms with Crippen molar-refractivity contribution in [3.8, 4) is 11.1 Å². The second-order valence-electron chi connectivity index (χ2n) is 6.21. The maximum Gasteiger partial charge on any atom is 0.445 e. The van der Waals surface area contributed by atoms with Crippen LogP contribution in [0.5, 0.6) is 0 Å². The van der Waals surface area contributed by atoms with Crippen LogP contribution >= 0.6 is 22.9 Å². The molecule has 7 nitrogen and oxygen atoms in total. The summed E-state index contributed by atoms with van der Waals surface area (Å²) in [5.74, 6) is -1.42. The largest absolute Gasteiger partial charge is 0.445 e. The van der Waals surface area contributed by atoms with Crippen molar-refractivity contribution < 1.29 is 26.4 Å². The molecule has 0 aliphatic rings. The number of carbonyl (C=O) groups excluding carboxylic acids is 1. The minimum Gasteiger partial charge on any atom is -0.265 e. The zero-order chi connectivity index (χ0) is 23.0. The zero-order valence-electron chi connectivity index (χ0n) is 16.0. The van der Waals surface area contributed by atoms with Gasteiger partial charge in [-0.05, 0) is 23.8 Å². The highest BCUT2D eigenvalue weighted by Gasteiger charge is 2.35. The third-order valence-corrected chi connectivity index (χ3v) is 7.09. The van der Waals surface area contributed by atoms with Gasteiger partial charge in [-0.15, -0.1) is 0 Å². The van der Waals surface area contributed by atoms with E-state index in [0.29, 0.717) is 16.1 Å². The standard InChI is InChI=1S/C18H14ClF3N4O3S2/c1-3-31(28,29)13-8-11(10-5-4-6-12(19)7-10)9-23-14(13)15(27)24-17-26(2)25-16(30-17)18(20,21)22/h4-9H,3H2,1-2H3/b24-17-. The number of rotatable bonds is 4.